The van der Waals surface area contributed by atoms with Crippen molar-refractivity contribution in [2.75, 3.05) is 19.7 Å². The number of para-hydroxylation sites is 1. The number of likely N-dealkylation sites (tertiary alicyclic amines) is 1. The van der Waals surface area contributed by atoms with Crippen molar-refractivity contribution >= 4 is 5.91 Å². The molecule has 1 aromatic carbocycles. The lowest BCUT2D eigenvalue weighted by Crippen LogP contribution is -2.38. The molecular formula is C17H24N2O2. The first kappa shape index (κ1) is 14.4. The minimum absolute atomic E-state index is 0.318. The summed E-state index contributed by atoms with van der Waals surface area (Å²) in [5, 5.41) is 3.55. The molecule has 2 aliphatic rings. The third-order valence-electron chi connectivity index (χ3n) is 4.38. The number of ether oxygens (including phenoxy) is 1. The van der Waals surface area contributed by atoms with Gasteiger partial charge in [0.2, 0.25) is 5.91 Å². The van der Waals surface area contributed by atoms with Crippen molar-refractivity contribution in [2.24, 2.45) is 0 Å². The van der Waals surface area contributed by atoms with Crippen LogP contribution in [0.5, 0.6) is 5.75 Å². The number of hydrogen-bond acceptors (Lipinski definition) is 3. The van der Waals surface area contributed by atoms with Gasteiger partial charge in [0.25, 0.3) is 0 Å². The van der Waals surface area contributed by atoms with Crippen molar-refractivity contribution in [3.8, 4) is 5.75 Å². The molecule has 1 amide bonds. The molecule has 1 N–H and O–H groups in total. The van der Waals surface area contributed by atoms with Crippen molar-refractivity contribution < 1.29 is 9.53 Å². The SMILES string of the molecule is O=C1C[C@H]2CC[C@@H](CN1CCCCOc1ccccc1)N2. The van der Waals surface area contributed by atoms with E-state index < -0.39 is 0 Å². The molecule has 0 spiro atoms. The van der Waals surface area contributed by atoms with E-state index in [4.69, 9.17) is 4.74 Å². The van der Waals surface area contributed by atoms with Crippen molar-refractivity contribution in [1.82, 2.24) is 10.2 Å². The van der Waals surface area contributed by atoms with Crippen LogP contribution in [0.1, 0.15) is 32.1 Å². The lowest BCUT2D eigenvalue weighted by atomic mass is 10.1. The van der Waals surface area contributed by atoms with Gasteiger partial charge in [-0.05, 0) is 37.8 Å². The monoisotopic (exact) mass is 288 g/mol. The topological polar surface area (TPSA) is 41.6 Å². The Hall–Kier alpha value is -1.55. The van der Waals surface area contributed by atoms with Crippen LogP contribution >= 0.6 is 0 Å². The number of hydrogen-bond donors (Lipinski definition) is 1. The van der Waals surface area contributed by atoms with Crippen LogP contribution in [0.25, 0.3) is 0 Å². The summed E-state index contributed by atoms with van der Waals surface area (Å²) in [4.78, 5) is 14.2. The van der Waals surface area contributed by atoms with Crippen molar-refractivity contribution in [1.29, 1.82) is 0 Å². The maximum absolute atomic E-state index is 12.1. The highest BCUT2D eigenvalue weighted by molar-refractivity contribution is 5.77. The molecular weight excluding hydrogens is 264 g/mol. The van der Waals surface area contributed by atoms with Crippen molar-refractivity contribution in [2.45, 2.75) is 44.2 Å². The molecule has 2 saturated heterocycles. The van der Waals surface area contributed by atoms with Gasteiger partial charge in [0.1, 0.15) is 5.75 Å². The molecule has 0 aliphatic carbocycles. The van der Waals surface area contributed by atoms with Gasteiger partial charge in [0.05, 0.1) is 6.61 Å². The molecule has 0 unspecified atom stereocenters. The fourth-order valence-corrected chi connectivity index (χ4v) is 3.24. The van der Waals surface area contributed by atoms with Crippen molar-refractivity contribution in [3.05, 3.63) is 30.3 Å². The Labute approximate surface area is 126 Å². The Morgan fingerprint density at radius 2 is 1.95 bits per heavy atom. The van der Waals surface area contributed by atoms with Crippen LogP contribution in [0.15, 0.2) is 30.3 Å². The van der Waals surface area contributed by atoms with Crippen LogP contribution in [-0.2, 0) is 4.79 Å². The summed E-state index contributed by atoms with van der Waals surface area (Å²) in [6, 6.07) is 10.8. The van der Waals surface area contributed by atoms with E-state index in [1.807, 2.05) is 35.2 Å². The molecule has 114 valence electrons. The predicted octanol–water partition coefficient (Wildman–Crippen LogP) is 2.20. The third-order valence-corrected chi connectivity index (χ3v) is 4.38. The fourth-order valence-electron chi connectivity index (χ4n) is 3.24. The summed E-state index contributed by atoms with van der Waals surface area (Å²) in [6.07, 6.45) is 5.05. The van der Waals surface area contributed by atoms with E-state index in [-0.39, 0.29) is 0 Å². The number of benzene rings is 1. The second kappa shape index (κ2) is 6.94. The number of amides is 1. The van der Waals surface area contributed by atoms with Gasteiger partial charge in [-0.15, -0.1) is 0 Å². The van der Waals surface area contributed by atoms with E-state index in [1.54, 1.807) is 0 Å². The first-order valence-electron chi connectivity index (χ1n) is 8.03. The lowest BCUT2D eigenvalue weighted by molar-refractivity contribution is -0.131. The first-order valence-corrected chi connectivity index (χ1v) is 8.03. The molecule has 2 atom stereocenters. The van der Waals surface area contributed by atoms with E-state index in [9.17, 15) is 4.79 Å². The van der Waals surface area contributed by atoms with E-state index in [2.05, 4.69) is 5.32 Å². The zero-order chi connectivity index (χ0) is 14.5. The number of rotatable bonds is 6. The molecule has 2 heterocycles. The minimum atomic E-state index is 0.318. The maximum atomic E-state index is 12.1. The molecule has 0 aromatic heterocycles. The van der Waals surface area contributed by atoms with Gasteiger partial charge in [-0.25, -0.2) is 0 Å². The number of nitrogens with zero attached hydrogens (tertiary/aromatic N) is 1. The molecule has 4 heteroatoms. The summed E-state index contributed by atoms with van der Waals surface area (Å²) in [7, 11) is 0. The molecule has 2 fully saturated rings. The second-order valence-corrected chi connectivity index (χ2v) is 6.05. The predicted molar refractivity (Wildman–Crippen MR) is 82.3 cm³/mol. The quantitative estimate of drug-likeness (QED) is 0.816. The Kier molecular flexibility index (Phi) is 4.76. The summed E-state index contributed by atoms with van der Waals surface area (Å²) < 4.78 is 5.68. The molecule has 1 aromatic rings. The Bertz CT molecular complexity index is 463. The number of carbonyl (C=O) groups is 1. The van der Waals surface area contributed by atoms with Gasteiger partial charge < -0.3 is 15.0 Å². The highest BCUT2D eigenvalue weighted by Gasteiger charge is 2.32. The van der Waals surface area contributed by atoms with E-state index in [0.717, 1.165) is 44.7 Å². The Morgan fingerprint density at radius 3 is 2.81 bits per heavy atom. The van der Waals surface area contributed by atoms with Crippen LogP contribution < -0.4 is 10.1 Å². The zero-order valence-corrected chi connectivity index (χ0v) is 12.5. The first-order chi connectivity index (χ1) is 10.3. The molecule has 0 radical (unpaired) electrons. The van der Waals surface area contributed by atoms with E-state index in [0.29, 0.717) is 24.4 Å². The number of unbranched alkanes of at least 4 members (excludes halogenated alkanes) is 1. The summed E-state index contributed by atoms with van der Waals surface area (Å²) in [5.41, 5.74) is 0. The Balaban J connectivity index is 1.36. The number of fused-ring (bicyclic) bond motifs is 2. The molecule has 2 bridgehead atoms. The summed E-state index contributed by atoms with van der Waals surface area (Å²) in [6.45, 7) is 2.47. The second-order valence-electron chi connectivity index (χ2n) is 6.05. The molecule has 2 aliphatic heterocycles. The van der Waals surface area contributed by atoms with Gasteiger partial charge in [-0.2, -0.15) is 0 Å². The minimum Gasteiger partial charge on any atom is -0.494 e. The number of carbonyl (C=O) groups excluding carboxylic acids is 1. The van der Waals surface area contributed by atoms with E-state index in [1.165, 1.54) is 6.42 Å². The molecule has 4 nitrogen and oxygen atoms in total. The Morgan fingerprint density at radius 1 is 1.14 bits per heavy atom. The molecule has 3 rings (SSSR count). The van der Waals surface area contributed by atoms with Gasteiger partial charge in [-0.3, -0.25) is 4.79 Å². The largest absolute Gasteiger partial charge is 0.494 e. The summed E-state index contributed by atoms with van der Waals surface area (Å²) in [5.74, 6) is 1.24. The number of nitrogens with one attached hydrogen (secondary N) is 1. The van der Waals surface area contributed by atoms with Crippen LogP contribution in [0.2, 0.25) is 0 Å². The van der Waals surface area contributed by atoms with Gasteiger partial charge >= 0.3 is 0 Å². The van der Waals surface area contributed by atoms with Crippen LogP contribution in [0, 0.1) is 0 Å². The zero-order valence-electron chi connectivity index (χ0n) is 12.5. The smallest absolute Gasteiger partial charge is 0.224 e. The van der Waals surface area contributed by atoms with Crippen LogP contribution in [0.4, 0.5) is 0 Å². The lowest BCUT2D eigenvalue weighted by Gasteiger charge is -2.24. The highest BCUT2D eigenvalue weighted by atomic mass is 16.5. The van der Waals surface area contributed by atoms with Crippen LogP contribution in [0.3, 0.4) is 0 Å². The van der Waals surface area contributed by atoms with Gasteiger partial charge in [-0.1, -0.05) is 18.2 Å². The summed E-state index contributed by atoms with van der Waals surface area (Å²) >= 11 is 0. The van der Waals surface area contributed by atoms with Crippen LogP contribution in [-0.4, -0.2) is 42.6 Å². The molecule has 0 saturated carbocycles. The fraction of sp³-hybridized carbons (Fsp3) is 0.588. The van der Waals surface area contributed by atoms with Crippen molar-refractivity contribution in [3.63, 3.8) is 0 Å². The third kappa shape index (κ3) is 3.97. The van der Waals surface area contributed by atoms with E-state index >= 15 is 0 Å². The molecule has 21 heavy (non-hydrogen) atoms. The van der Waals surface area contributed by atoms with Gasteiger partial charge in [0, 0.05) is 31.6 Å². The van der Waals surface area contributed by atoms with Gasteiger partial charge in [0.15, 0.2) is 0 Å². The maximum Gasteiger partial charge on any atom is 0.224 e. The highest BCUT2D eigenvalue weighted by Crippen LogP contribution is 2.21. The normalized spacial score (nSPS) is 25.0. The standard InChI is InChI=1S/C17H24N2O2/c20-17-12-14-8-9-15(18-14)13-19(17)10-4-5-11-21-16-6-2-1-3-7-16/h1-3,6-7,14-15,18H,4-5,8-13H2/t14-,15+/m1/s1. The average molecular weight is 288 g/mol. The average Bonchev–Trinajstić information content (AvgIpc) is 2.86.